The summed E-state index contributed by atoms with van der Waals surface area (Å²) in [6, 6.07) is 9.71. The Bertz CT molecular complexity index is 831. The molecule has 0 bridgehead atoms. The van der Waals surface area contributed by atoms with Gasteiger partial charge in [-0.2, -0.15) is 0 Å². The van der Waals surface area contributed by atoms with Gasteiger partial charge in [-0.1, -0.05) is 45.2 Å². The third-order valence-corrected chi connectivity index (χ3v) is 5.95. The third-order valence-electron chi connectivity index (χ3n) is 5.95. The maximum absolute atomic E-state index is 10.6. The van der Waals surface area contributed by atoms with E-state index in [0.717, 1.165) is 55.6 Å². The van der Waals surface area contributed by atoms with Crippen molar-refractivity contribution in [2.75, 3.05) is 20.8 Å². The SMILES string of the molecule is CCCCC(CCCOc1ccc(C(C)O)c(O)c1CCC)c1cccc(OC)c1OC. The molecule has 2 rings (SSSR count). The highest BCUT2D eigenvalue weighted by Crippen LogP contribution is 2.40. The molecule has 178 valence electrons. The number of aromatic hydroxyl groups is 1. The predicted octanol–water partition coefficient (Wildman–Crippen LogP) is 6.55. The van der Waals surface area contributed by atoms with Crippen LogP contribution in [0.2, 0.25) is 0 Å². The maximum atomic E-state index is 10.6. The number of hydrogen-bond donors (Lipinski definition) is 2. The van der Waals surface area contributed by atoms with Crippen LogP contribution in [0.4, 0.5) is 0 Å². The first-order valence-corrected chi connectivity index (χ1v) is 11.8. The van der Waals surface area contributed by atoms with Crippen LogP contribution in [-0.2, 0) is 6.42 Å². The van der Waals surface area contributed by atoms with Crippen molar-refractivity contribution in [1.29, 1.82) is 0 Å². The molecule has 2 aromatic rings. The molecule has 0 amide bonds. The molecule has 5 heteroatoms. The number of unbranched alkanes of at least 4 members (excludes halogenated alkanes) is 1. The lowest BCUT2D eigenvalue weighted by molar-refractivity contribution is 0.194. The Morgan fingerprint density at radius 2 is 1.62 bits per heavy atom. The Morgan fingerprint density at radius 3 is 2.25 bits per heavy atom. The summed E-state index contributed by atoms with van der Waals surface area (Å²) in [6.07, 6.45) is 6.14. The molecule has 0 heterocycles. The van der Waals surface area contributed by atoms with E-state index in [0.29, 0.717) is 30.3 Å². The number of methoxy groups -OCH3 is 2. The maximum Gasteiger partial charge on any atom is 0.164 e. The molecule has 0 aliphatic heterocycles. The fraction of sp³-hybridized carbons (Fsp3) is 0.556. The molecule has 0 spiro atoms. The molecule has 32 heavy (non-hydrogen) atoms. The van der Waals surface area contributed by atoms with Gasteiger partial charge in [0.05, 0.1) is 26.9 Å². The van der Waals surface area contributed by atoms with Gasteiger partial charge in [0.25, 0.3) is 0 Å². The smallest absolute Gasteiger partial charge is 0.164 e. The fourth-order valence-electron chi connectivity index (χ4n) is 4.25. The predicted molar refractivity (Wildman–Crippen MR) is 129 cm³/mol. The first-order chi connectivity index (χ1) is 15.5. The largest absolute Gasteiger partial charge is 0.507 e. The highest BCUT2D eigenvalue weighted by molar-refractivity contribution is 5.50. The van der Waals surface area contributed by atoms with Gasteiger partial charge in [-0.25, -0.2) is 0 Å². The van der Waals surface area contributed by atoms with Crippen LogP contribution in [0.3, 0.4) is 0 Å². The lowest BCUT2D eigenvalue weighted by atomic mass is 9.88. The summed E-state index contributed by atoms with van der Waals surface area (Å²) < 4.78 is 17.3. The molecule has 2 atom stereocenters. The first-order valence-electron chi connectivity index (χ1n) is 11.8. The third kappa shape index (κ3) is 6.55. The van der Waals surface area contributed by atoms with Gasteiger partial charge < -0.3 is 24.4 Å². The average Bonchev–Trinajstić information content (AvgIpc) is 2.79. The second kappa shape index (κ2) is 13.2. The molecule has 0 fully saturated rings. The van der Waals surface area contributed by atoms with Crippen molar-refractivity contribution in [1.82, 2.24) is 0 Å². The first kappa shape index (κ1) is 25.9. The van der Waals surface area contributed by atoms with Crippen LogP contribution in [0, 0.1) is 0 Å². The number of hydrogen-bond acceptors (Lipinski definition) is 5. The normalized spacial score (nSPS) is 12.9. The van der Waals surface area contributed by atoms with E-state index in [9.17, 15) is 10.2 Å². The topological polar surface area (TPSA) is 68.2 Å². The van der Waals surface area contributed by atoms with Crippen LogP contribution in [0.1, 0.15) is 88.0 Å². The number of para-hydroxylation sites is 1. The Hall–Kier alpha value is -2.40. The van der Waals surface area contributed by atoms with Gasteiger partial charge in [0.15, 0.2) is 11.5 Å². The van der Waals surface area contributed by atoms with Crippen LogP contribution in [0.25, 0.3) is 0 Å². The van der Waals surface area contributed by atoms with Crippen LogP contribution < -0.4 is 14.2 Å². The van der Waals surface area contributed by atoms with Crippen molar-refractivity contribution in [2.24, 2.45) is 0 Å². The minimum absolute atomic E-state index is 0.154. The molecule has 2 N–H and O–H groups in total. The molecular weight excluding hydrogens is 404 g/mol. The molecule has 2 unspecified atom stereocenters. The van der Waals surface area contributed by atoms with E-state index in [1.54, 1.807) is 27.2 Å². The van der Waals surface area contributed by atoms with E-state index < -0.39 is 6.10 Å². The average molecular weight is 445 g/mol. The molecule has 5 nitrogen and oxygen atoms in total. The minimum atomic E-state index is -0.711. The highest BCUT2D eigenvalue weighted by Gasteiger charge is 2.20. The molecule has 0 aromatic heterocycles. The van der Waals surface area contributed by atoms with E-state index in [-0.39, 0.29) is 5.75 Å². The van der Waals surface area contributed by atoms with Crippen molar-refractivity contribution in [3.05, 3.63) is 47.0 Å². The summed E-state index contributed by atoms with van der Waals surface area (Å²) in [6.45, 7) is 6.51. The zero-order valence-electron chi connectivity index (χ0n) is 20.3. The molecular formula is C27H40O5. The standard InChI is InChI=1S/C27H40O5/c1-6-8-12-20(22-14-9-15-25(30-4)27(22)31-5)13-10-18-32-24-17-16-21(19(3)28)26(29)23(24)11-7-2/h9,14-17,19-20,28-29H,6-8,10-13,18H2,1-5H3. The Balaban J connectivity index is 2.11. The zero-order valence-corrected chi connectivity index (χ0v) is 20.3. The van der Waals surface area contributed by atoms with Crippen LogP contribution >= 0.6 is 0 Å². The summed E-state index contributed by atoms with van der Waals surface area (Å²) in [5.74, 6) is 2.81. The summed E-state index contributed by atoms with van der Waals surface area (Å²) in [5.41, 5.74) is 2.51. The van der Waals surface area contributed by atoms with Gasteiger partial charge in [0, 0.05) is 16.7 Å². The Morgan fingerprint density at radius 1 is 0.875 bits per heavy atom. The van der Waals surface area contributed by atoms with Crippen molar-refractivity contribution >= 4 is 0 Å². The Labute approximate surface area is 193 Å². The highest BCUT2D eigenvalue weighted by atomic mass is 16.5. The van der Waals surface area contributed by atoms with Gasteiger partial charge in [0.2, 0.25) is 0 Å². The van der Waals surface area contributed by atoms with Gasteiger partial charge >= 0.3 is 0 Å². The lowest BCUT2D eigenvalue weighted by Crippen LogP contribution is -2.07. The van der Waals surface area contributed by atoms with Crippen molar-refractivity contribution in [2.45, 2.75) is 77.7 Å². The molecule has 0 saturated carbocycles. The molecule has 2 aromatic carbocycles. The monoisotopic (exact) mass is 444 g/mol. The van der Waals surface area contributed by atoms with Gasteiger partial charge in [0.1, 0.15) is 11.5 Å². The van der Waals surface area contributed by atoms with E-state index in [4.69, 9.17) is 14.2 Å². The minimum Gasteiger partial charge on any atom is -0.507 e. The van der Waals surface area contributed by atoms with Crippen LogP contribution in [-0.4, -0.2) is 31.0 Å². The second-order valence-corrected chi connectivity index (χ2v) is 8.32. The number of benzene rings is 2. The zero-order chi connectivity index (χ0) is 23.5. The quantitative estimate of drug-likeness (QED) is 0.323. The Kier molecular flexibility index (Phi) is 10.7. The van der Waals surface area contributed by atoms with Gasteiger partial charge in [-0.15, -0.1) is 0 Å². The molecule has 0 aliphatic carbocycles. The van der Waals surface area contributed by atoms with E-state index >= 15 is 0 Å². The van der Waals surface area contributed by atoms with Crippen LogP contribution in [0.5, 0.6) is 23.0 Å². The fourth-order valence-corrected chi connectivity index (χ4v) is 4.25. The number of rotatable bonds is 14. The van der Waals surface area contributed by atoms with E-state index in [1.165, 1.54) is 5.56 Å². The summed E-state index contributed by atoms with van der Waals surface area (Å²) in [5, 5.41) is 20.5. The van der Waals surface area contributed by atoms with E-state index in [1.807, 2.05) is 18.2 Å². The number of aliphatic hydroxyl groups excluding tert-OH is 1. The number of phenolic OH excluding ortho intramolecular Hbond substituents is 1. The summed E-state index contributed by atoms with van der Waals surface area (Å²) in [7, 11) is 3.36. The van der Waals surface area contributed by atoms with Crippen molar-refractivity contribution < 1.29 is 24.4 Å². The van der Waals surface area contributed by atoms with Gasteiger partial charge in [-0.05, 0) is 56.7 Å². The van der Waals surface area contributed by atoms with Crippen LogP contribution in [0.15, 0.2) is 30.3 Å². The lowest BCUT2D eigenvalue weighted by Gasteiger charge is -2.22. The van der Waals surface area contributed by atoms with Crippen molar-refractivity contribution in [3.63, 3.8) is 0 Å². The molecule has 0 aliphatic rings. The van der Waals surface area contributed by atoms with Crippen molar-refractivity contribution in [3.8, 4) is 23.0 Å². The summed E-state index contributed by atoms with van der Waals surface area (Å²) in [4.78, 5) is 0. The summed E-state index contributed by atoms with van der Waals surface area (Å²) >= 11 is 0. The molecule has 0 radical (unpaired) electrons. The van der Waals surface area contributed by atoms with Gasteiger partial charge in [-0.3, -0.25) is 0 Å². The van der Waals surface area contributed by atoms with E-state index in [2.05, 4.69) is 19.9 Å². The number of aliphatic hydroxyl groups is 1. The molecule has 0 saturated heterocycles. The number of ether oxygens (including phenoxy) is 3. The second-order valence-electron chi connectivity index (χ2n) is 8.32. The number of phenols is 1.